The van der Waals surface area contributed by atoms with Crippen molar-refractivity contribution in [3.8, 4) is 22.6 Å². The molecular weight excluding hydrogens is 386 g/mol. The van der Waals surface area contributed by atoms with Crippen LogP contribution in [0.4, 0.5) is 0 Å². The zero-order valence-electron chi connectivity index (χ0n) is 17.6. The average Bonchev–Trinajstić information content (AvgIpc) is 3.24. The Balaban J connectivity index is 1.57. The predicted octanol–water partition coefficient (Wildman–Crippen LogP) is 6.72. The summed E-state index contributed by atoms with van der Waals surface area (Å²) in [6.45, 7) is 4.17. The lowest BCUT2D eigenvalue weighted by molar-refractivity contribution is 0.0601. The summed E-state index contributed by atoms with van der Waals surface area (Å²) in [5.74, 6) is 0.384. The number of fused-ring (bicyclic) bond motifs is 2. The zero-order valence-corrected chi connectivity index (χ0v) is 17.6. The van der Waals surface area contributed by atoms with E-state index in [2.05, 4.69) is 32.0 Å². The van der Waals surface area contributed by atoms with Gasteiger partial charge in [-0.25, -0.2) is 9.78 Å². The fourth-order valence-electron chi connectivity index (χ4n) is 3.91. The molecule has 0 fully saturated rings. The van der Waals surface area contributed by atoms with E-state index in [4.69, 9.17) is 14.1 Å². The molecule has 0 atom stereocenters. The molecule has 0 aliphatic heterocycles. The molecule has 0 amide bonds. The van der Waals surface area contributed by atoms with Gasteiger partial charge in [-0.2, -0.15) is 0 Å². The number of methoxy groups -OCH3 is 1. The Kier molecular flexibility index (Phi) is 4.55. The molecule has 31 heavy (non-hydrogen) atoms. The molecule has 0 aliphatic rings. The number of furan rings is 1. The summed E-state index contributed by atoms with van der Waals surface area (Å²) in [5.41, 5.74) is 7.36. The number of hydrogen-bond donors (Lipinski definition) is 0. The van der Waals surface area contributed by atoms with Crippen LogP contribution in [0.3, 0.4) is 0 Å². The van der Waals surface area contributed by atoms with Crippen molar-refractivity contribution in [2.24, 2.45) is 0 Å². The van der Waals surface area contributed by atoms with Gasteiger partial charge in [0.2, 0.25) is 0 Å². The van der Waals surface area contributed by atoms with Crippen LogP contribution >= 0.6 is 0 Å². The zero-order chi connectivity index (χ0) is 21.5. The second-order valence-electron chi connectivity index (χ2n) is 7.73. The number of carbonyl (C=O) groups excluding carboxylic acids is 1. The number of esters is 1. The molecule has 2 heterocycles. The van der Waals surface area contributed by atoms with Crippen LogP contribution in [0.25, 0.3) is 44.5 Å². The molecule has 0 radical (unpaired) electrons. The Hall–Kier alpha value is -3.92. The number of pyridine rings is 1. The minimum atomic E-state index is -0.351. The molecule has 0 aliphatic carbocycles. The van der Waals surface area contributed by atoms with E-state index in [-0.39, 0.29) is 5.97 Å². The molecule has 4 nitrogen and oxygen atoms in total. The molecule has 5 rings (SSSR count). The van der Waals surface area contributed by atoms with E-state index in [1.54, 1.807) is 6.07 Å². The normalized spacial score (nSPS) is 11.2. The standard InChI is InChI=1S/C27H21NO3/c1-16-7-8-17(2)26-22(16)11-12-23(28-26)25-15-20-10-9-19(14-24(20)31-25)18-5-4-6-21(13-18)27(29)30-3/h4-15H,1-3H3. The monoisotopic (exact) mass is 407 g/mol. The predicted molar refractivity (Wildman–Crippen MR) is 123 cm³/mol. The van der Waals surface area contributed by atoms with Gasteiger partial charge in [0.15, 0.2) is 5.76 Å². The second kappa shape index (κ2) is 7.40. The fourth-order valence-corrected chi connectivity index (χ4v) is 3.91. The number of nitrogens with zero attached hydrogens (tertiary/aromatic N) is 1. The highest BCUT2D eigenvalue weighted by Gasteiger charge is 2.12. The maximum absolute atomic E-state index is 11.9. The molecule has 5 aromatic rings. The lowest BCUT2D eigenvalue weighted by Gasteiger charge is -2.06. The first-order valence-electron chi connectivity index (χ1n) is 10.1. The first kappa shape index (κ1) is 19.1. The minimum absolute atomic E-state index is 0.351. The van der Waals surface area contributed by atoms with Crippen LogP contribution in [0.2, 0.25) is 0 Å². The fraction of sp³-hybridized carbons (Fsp3) is 0.111. The van der Waals surface area contributed by atoms with Crippen LogP contribution in [0, 0.1) is 13.8 Å². The Morgan fingerprint density at radius 2 is 1.68 bits per heavy atom. The molecule has 4 heteroatoms. The highest BCUT2D eigenvalue weighted by molar-refractivity contribution is 5.92. The summed E-state index contributed by atoms with van der Waals surface area (Å²) in [5, 5.41) is 2.17. The molecule has 0 N–H and O–H groups in total. The molecule has 3 aromatic carbocycles. The Morgan fingerprint density at radius 1 is 0.871 bits per heavy atom. The summed E-state index contributed by atoms with van der Waals surface area (Å²) in [7, 11) is 1.38. The van der Waals surface area contributed by atoms with Crippen LogP contribution in [0.5, 0.6) is 0 Å². The third-order valence-corrected chi connectivity index (χ3v) is 5.67. The lowest BCUT2D eigenvalue weighted by Crippen LogP contribution is -2.00. The van der Waals surface area contributed by atoms with Gasteiger partial charge in [-0.05, 0) is 66.4 Å². The van der Waals surface area contributed by atoms with Gasteiger partial charge in [-0.3, -0.25) is 0 Å². The van der Waals surface area contributed by atoms with E-state index in [1.165, 1.54) is 12.7 Å². The van der Waals surface area contributed by atoms with Gasteiger partial charge >= 0.3 is 5.97 Å². The maximum atomic E-state index is 11.9. The van der Waals surface area contributed by atoms with Crippen molar-refractivity contribution in [2.45, 2.75) is 13.8 Å². The van der Waals surface area contributed by atoms with Crippen molar-refractivity contribution < 1.29 is 13.9 Å². The molecule has 0 saturated heterocycles. The maximum Gasteiger partial charge on any atom is 0.337 e. The van der Waals surface area contributed by atoms with E-state index in [0.717, 1.165) is 50.0 Å². The van der Waals surface area contributed by atoms with Gasteiger partial charge in [0.25, 0.3) is 0 Å². The third-order valence-electron chi connectivity index (χ3n) is 5.67. The number of aryl methyl sites for hydroxylation is 2. The SMILES string of the molecule is COC(=O)c1cccc(-c2ccc3cc(-c4ccc5c(C)ccc(C)c5n4)oc3c2)c1. The van der Waals surface area contributed by atoms with Crippen molar-refractivity contribution in [3.05, 3.63) is 89.5 Å². The van der Waals surface area contributed by atoms with Gasteiger partial charge in [0.05, 0.1) is 18.2 Å². The molecule has 0 bridgehead atoms. The van der Waals surface area contributed by atoms with Crippen molar-refractivity contribution in [2.75, 3.05) is 7.11 Å². The van der Waals surface area contributed by atoms with Crippen LogP contribution in [-0.4, -0.2) is 18.1 Å². The van der Waals surface area contributed by atoms with Gasteiger partial charge in [-0.15, -0.1) is 0 Å². The molecular formula is C27H21NO3. The Bertz CT molecular complexity index is 1460. The second-order valence-corrected chi connectivity index (χ2v) is 7.73. The Morgan fingerprint density at radius 3 is 2.52 bits per heavy atom. The highest BCUT2D eigenvalue weighted by Crippen LogP contribution is 2.32. The van der Waals surface area contributed by atoms with E-state index in [0.29, 0.717) is 5.56 Å². The van der Waals surface area contributed by atoms with Crippen molar-refractivity contribution >= 4 is 27.8 Å². The van der Waals surface area contributed by atoms with Gasteiger partial charge in [0.1, 0.15) is 11.3 Å². The summed E-state index contributed by atoms with van der Waals surface area (Å²) in [4.78, 5) is 16.7. The molecule has 2 aromatic heterocycles. The van der Waals surface area contributed by atoms with E-state index in [1.807, 2.05) is 48.5 Å². The van der Waals surface area contributed by atoms with E-state index >= 15 is 0 Å². The molecule has 0 spiro atoms. The average molecular weight is 407 g/mol. The van der Waals surface area contributed by atoms with E-state index in [9.17, 15) is 4.79 Å². The molecule has 152 valence electrons. The first-order valence-corrected chi connectivity index (χ1v) is 10.1. The number of aromatic nitrogens is 1. The first-order chi connectivity index (χ1) is 15.0. The van der Waals surface area contributed by atoms with Crippen LogP contribution in [0.1, 0.15) is 21.5 Å². The molecule has 0 unspecified atom stereocenters. The number of rotatable bonds is 3. The Labute approximate surface area is 180 Å². The molecule has 0 saturated carbocycles. The van der Waals surface area contributed by atoms with Crippen LogP contribution in [-0.2, 0) is 4.74 Å². The van der Waals surface area contributed by atoms with Crippen molar-refractivity contribution in [1.82, 2.24) is 4.98 Å². The van der Waals surface area contributed by atoms with Crippen molar-refractivity contribution in [1.29, 1.82) is 0 Å². The topological polar surface area (TPSA) is 52.3 Å². The minimum Gasteiger partial charge on any atom is -0.465 e. The highest BCUT2D eigenvalue weighted by atomic mass is 16.5. The van der Waals surface area contributed by atoms with Crippen molar-refractivity contribution in [3.63, 3.8) is 0 Å². The smallest absolute Gasteiger partial charge is 0.337 e. The largest absolute Gasteiger partial charge is 0.465 e. The van der Waals surface area contributed by atoms with Gasteiger partial charge in [0, 0.05) is 10.8 Å². The number of ether oxygens (including phenoxy) is 1. The van der Waals surface area contributed by atoms with E-state index < -0.39 is 0 Å². The summed E-state index contributed by atoms with van der Waals surface area (Å²) in [6.07, 6.45) is 0. The summed E-state index contributed by atoms with van der Waals surface area (Å²) < 4.78 is 11.0. The van der Waals surface area contributed by atoms with Crippen LogP contribution < -0.4 is 0 Å². The number of benzene rings is 3. The van der Waals surface area contributed by atoms with Gasteiger partial charge < -0.3 is 9.15 Å². The summed E-state index contributed by atoms with van der Waals surface area (Å²) in [6, 6.07) is 23.8. The lowest BCUT2D eigenvalue weighted by atomic mass is 10.0. The van der Waals surface area contributed by atoms with Gasteiger partial charge in [-0.1, -0.05) is 42.5 Å². The van der Waals surface area contributed by atoms with Crippen LogP contribution in [0.15, 0.2) is 77.2 Å². The number of carbonyl (C=O) groups is 1. The third kappa shape index (κ3) is 3.36. The summed E-state index contributed by atoms with van der Waals surface area (Å²) >= 11 is 0. The quantitative estimate of drug-likeness (QED) is 0.312. The number of hydrogen-bond acceptors (Lipinski definition) is 4.